The van der Waals surface area contributed by atoms with Gasteiger partial charge in [0.1, 0.15) is 11.6 Å². The molecule has 2 aromatic rings. The molecule has 1 aliphatic rings. The number of imidazole rings is 1. The number of carboxylic acid groups (broad SMARTS) is 1. The topological polar surface area (TPSA) is 84.7 Å². The van der Waals surface area contributed by atoms with E-state index >= 15 is 0 Å². The highest BCUT2D eigenvalue weighted by Crippen LogP contribution is 2.34. The molecule has 0 radical (unpaired) electrons. The lowest BCUT2D eigenvalue weighted by Gasteiger charge is -2.17. The Balaban J connectivity index is 1.71. The van der Waals surface area contributed by atoms with Gasteiger partial charge >= 0.3 is 5.97 Å². The zero-order chi connectivity index (χ0) is 18.7. The van der Waals surface area contributed by atoms with Gasteiger partial charge in [0.25, 0.3) is 0 Å². The van der Waals surface area contributed by atoms with Crippen molar-refractivity contribution in [3.63, 3.8) is 0 Å². The van der Waals surface area contributed by atoms with Crippen molar-refractivity contribution in [3.8, 4) is 5.75 Å². The fourth-order valence-electron chi connectivity index (χ4n) is 3.48. The first kappa shape index (κ1) is 18.0. The van der Waals surface area contributed by atoms with Gasteiger partial charge in [-0.3, -0.25) is 9.59 Å². The van der Waals surface area contributed by atoms with E-state index in [0.29, 0.717) is 25.3 Å². The molecular weight excluding hydrogens is 334 g/mol. The lowest BCUT2D eigenvalue weighted by atomic mass is 9.89. The molecule has 26 heavy (non-hydrogen) atoms. The first-order valence-electron chi connectivity index (χ1n) is 8.62. The molecule has 2 heterocycles. The normalized spacial score (nSPS) is 19.5. The number of carbonyl (C=O) groups is 2. The maximum absolute atomic E-state index is 12.6. The third kappa shape index (κ3) is 3.71. The number of nitrogens with zero attached hydrogens (tertiary/aromatic N) is 3. The van der Waals surface area contributed by atoms with Gasteiger partial charge < -0.3 is 19.3 Å². The van der Waals surface area contributed by atoms with E-state index in [1.807, 2.05) is 42.0 Å². The molecule has 1 aromatic carbocycles. The molecule has 1 N–H and O–H groups in total. The van der Waals surface area contributed by atoms with Crippen LogP contribution in [0.2, 0.25) is 0 Å². The van der Waals surface area contributed by atoms with Crippen LogP contribution in [0.5, 0.6) is 5.75 Å². The standard InChI is InChI=1S/C19H23N3O4/c1-13-20-7-9-21(13)8-6-18(23)22-11-16(17(12-22)19(24)25)14-4-3-5-15(10-14)26-2/h3-5,7,9-10,16-17H,6,8,11-12H2,1-2H3,(H,24,25)/t16-,17+/m0/s1. The van der Waals surface area contributed by atoms with Crippen LogP contribution < -0.4 is 4.74 Å². The van der Waals surface area contributed by atoms with Crippen LogP contribution in [0, 0.1) is 12.8 Å². The third-order valence-electron chi connectivity index (χ3n) is 5.00. The summed E-state index contributed by atoms with van der Waals surface area (Å²) in [6, 6.07) is 7.42. The molecule has 1 fully saturated rings. The van der Waals surface area contributed by atoms with Crippen LogP contribution in [0.25, 0.3) is 0 Å². The summed E-state index contributed by atoms with van der Waals surface area (Å²) < 4.78 is 7.16. The first-order chi connectivity index (χ1) is 12.5. The SMILES string of the molecule is COc1cccc([C@@H]2CN(C(=O)CCn3ccnc3C)C[C@H]2C(=O)O)c1. The van der Waals surface area contributed by atoms with Crippen LogP contribution in [0.4, 0.5) is 0 Å². The molecule has 138 valence electrons. The molecule has 1 aliphatic heterocycles. The molecule has 1 amide bonds. The van der Waals surface area contributed by atoms with Crippen LogP contribution in [-0.4, -0.2) is 51.6 Å². The number of carboxylic acids is 1. The van der Waals surface area contributed by atoms with Crippen LogP contribution in [0.15, 0.2) is 36.7 Å². The van der Waals surface area contributed by atoms with E-state index in [4.69, 9.17) is 4.74 Å². The summed E-state index contributed by atoms with van der Waals surface area (Å²) in [5, 5.41) is 9.61. The lowest BCUT2D eigenvalue weighted by Crippen LogP contribution is -2.30. The Morgan fingerprint density at radius 3 is 2.81 bits per heavy atom. The molecule has 0 saturated carbocycles. The van der Waals surface area contributed by atoms with E-state index in [-0.39, 0.29) is 18.4 Å². The summed E-state index contributed by atoms with van der Waals surface area (Å²) in [5.41, 5.74) is 0.887. The number of rotatable bonds is 6. The Morgan fingerprint density at radius 2 is 2.15 bits per heavy atom. The fraction of sp³-hybridized carbons (Fsp3) is 0.421. The van der Waals surface area contributed by atoms with Gasteiger partial charge in [-0.25, -0.2) is 4.98 Å². The Kier molecular flexibility index (Phi) is 5.25. The van der Waals surface area contributed by atoms with Crippen molar-refractivity contribution in [2.24, 2.45) is 5.92 Å². The van der Waals surface area contributed by atoms with Gasteiger partial charge in [0.15, 0.2) is 0 Å². The number of hydrogen-bond acceptors (Lipinski definition) is 4. The minimum absolute atomic E-state index is 0.0326. The fourth-order valence-corrected chi connectivity index (χ4v) is 3.48. The molecule has 7 nitrogen and oxygen atoms in total. The average Bonchev–Trinajstić information content (AvgIpc) is 3.26. The highest BCUT2D eigenvalue weighted by atomic mass is 16.5. The summed E-state index contributed by atoms with van der Waals surface area (Å²) >= 11 is 0. The number of aryl methyl sites for hydroxylation is 2. The highest BCUT2D eigenvalue weighted by molar-refractivity contribution is 5.79. The maximum atomic E-state index is 12.6. The number of likely N-dealkylation sites (tertiary alicyclic amines) is 1. The van der Waals surface area contributed by atoms with E-state index in [0.717, 1.165) is 11.4 Å². The zero-order valence-corrected chi connectivity index (χ0v) is 15.0. The summed E-state index contributed by atoms with van der Waals surface area (Å²) in [4.78, 5) is 30.1. The van der Waals surface area contributed by atoms with E-state index < -0.39 is 11.9 Å². The molecule has 1 saturated heterocycles. The molecule has 2 atom stereocenters. The van der Waals surface area contributed by atoms with Gasteiger partial charge in [-0.1, -0.05) is 12.1 Å². The molecule has 0 aliphatic carbocycles. The van der Waals surface area contributed by atoms with E-state index in [2.05, 4.69) is 4.98 Å². The van der Waals surface area contributed by atoms with Crippen LogP contribution >= 0.6 is 0 Å². The average molecular weight is 357 g/mol. The van der Waals surface area contributed by atoms with Crippen molar-refractivity contribution >= 4 is 11.9 Å². The second kappa shape index (κ2) is 7.59. The molecule has 0 bridgehead atoms. The Hall–Kier alpha value is -2.83. The number of ether oxygens (including phenoxy) is 1. The molecule has 0 spiro atoms. The zero-order valence-electron chi connectivity index (χ0n) is 15.0. The van der Waals surface area contributed by atoms with Crippen molar-refractivity contribution in [2.45, 2.75) is 25.8 Å². The number of amides is 1. The van der Waals surface area contributed by atoms with Crippen molar-refractivity contribution < 1.29 is 19.4 Å². The van der Waals surface area contributed by atoms with Crippen molar-refractivity contribution in [1.29, 1.82) is 0 Å². The Labute approximate surface area is 152 Å². The Morgan fingerprint density at radius 1 is 1.35 bits per heavy atom. The van der Waals surface area contributed by atoms with Gasteiger partial charge in [0, 0.05) is 44.4 Å². The van der Waals surface area contributed by atoms with Crippen LogP contribution in [0.3, 0.4) is 0 Å². The highest BCUT2D eigenvalue weighted by Gasteiger charge is 2.40. The van der Waals surface area contributed by atoms with Gasteiger partial charge in [0.2, 0.25) is 5.91 Å². The maximum Gasteiger partial charge on any atom is 0.308 e. The quantitative estimate of drug-likeness (QED) is 0.854. The minimum atomic E-state index is -0.876. The largest absolute Gasteiger partial charge is 0.497 e. The summed E-state index contributed by atoms with van der Waals surface area (Å²) in [7, 11) is 1.58. The van der Waals surface area contributed by atoms with E-state index in [1.165, 1.54) is 0 Å². The van der Waals surface area contributed by atoms with Gasteiger partial charge in [-0.15, -0.1) is 0 Å². The monoisotopic (exact) mass is 357 g/mol. The van der Waals surface area contributed by atoms with E-state index in [1.54, 1.807) is 18.2 Å². The number of benzene rings is 1. The number of methoxy groups -OCH3 is 1. The molecule has 0 unspecified atom stereocenters. The molecule has 3 rings (SSSR count). The third-order valence-corrected chi connectivity index (χ3v) is 5.00. The number of aliphatic carboxylic acids is 1. The predicted octanol–water partition coefficient (Wildman–Crippen LogP) is 1.92. The van der Waals surface area contributed by atoms with Crippen molar-refractivity contribution in [1.82, 2.24) is 14.5 Å². The van der Waals surface area contributed by atoms with Gasteiger partial charge in [-0.2, -0.15) is 0 Å². The minimum Gasteiger partial charge on any atom is -0.497 e. The summed E-state index contributed by atoms with van der Waals surface area (Å²) in [6.07, 6.45) is 3.87. The molecule has 1 aromatic heterocycles. The van der Waals surface area contributed by atoms with Gasteiger partial charge in [-0.05, 0) is 24.6 Å². The summed E-state index contributed by atoms with van der Waals surface area (Å²) in [6.45, 7) is 3.08. The van der Waals surface area contributed by atoms with Gasteiger partial charge in [0.05, 0.1) is 13.0 Å². The second-order valence-corrected chi connectivity index (χ2v) is 6.54. The summed E-state index contributed by atoms with van der Waals surface area (Å²) in [5.74, 6) is -0.209. The van der Waals surface area contributed by atoms with Crippen molar-refractivity contribution in [3.05, 3.63) is 48.0 Å². The predicted molar refractivity (Wildman–Crippen MR) is 95.0 cm³/mol. The Bertz CT molecular complexity index is 802. The smallest absolute Gasteiger partial charge is 0.308 e. The lowest BCUT2D eigenvalue weighted by molar-refractivity contribution is -0.141. The first-order valence-corrected chi connectivity index (χ1v) is 8.62. The molecular formula is C19H23N3O4. The number of aromatic nitrogens is 2. The van der Waals surface area contributed by atoms with Crippen molar-refractivity contribution in [2.75, 3.05) is 20.2 Å². The molecule has 7 heteroatoms. The second-order valence-electron chi connectivity index (χ2n) is 6.54. The number of hydrogen-bond donors (Lipinski definition) is 1. The van der Waals surface area contributed by atoms with E-state index in [9.17, 15) is 14.7 Å². The van der Waals surface area contributed by atoms with Crippen LogP contribution in [-0.2, 0) is 16.1 Å². The number of carbonyl (C=O) groups excluding carboxylic acids is 1. The van der Waals surface area contributed by atoms with Crippen LogP contribution in [0.1, 0.15) is 23.7 Å².